The van der Waals surface area contributed by atoms with Crippen molar-refractivity contribution in [3.8, 4) is 11.5 Å². The SMILES string of the molecule is O=C(O)CC(NC(=O)C1CCN(C(=O)c2cccc(NC3=NCCCC3)c2)CC1)c1ccc2c(c1)OCO2. The number of benzene rings is 2. The quantitative estimate of drug-likeness (QED) is 0.509. The average Bonchev–Trinajstić information content (AvgIpc) is 3.41. The number of rotatable bonds is 7. The third-order valence-electron chi connectivity index (χ3n) is 7.17. The third-order valence-corrected chi connectivity index (χ3v) is 7.17. The first kappa shape index (κ1) is 25.6. The van der Waals surface area contributed by atoms with Gasteiger partial charge in [0, 0.05) is 43.2 Å². The number of nitrogens with one attached hydrogen (secondary N) is 2. The van der Waals surface area contributed by atoms with E-state index in [0.29, 0.717) is 48.6 Å². The van der Waals surface area contributed by atoms with Crippen molar-refractivity contribution >= 4 is 29.3 Å². The maximum absolute atomic E-state index is 13.2. The Hall–Kier alpha value is -4.08. The smallest absolute Gasteiger partial charge is 0.305 e. The second-order valence-electron chi connectivity index (χ2n) is 9.83. The van der Waals surface area contributed by atoms with Gasteiger partial charge in [-0.25, -0.2) is 0 Å². The predicted molar refractivity (Wildman–Crippen MR) is 141 cm³/mol. The van der Waals surface area contributed by atoms with Crippen LogP contribution in [0.4, 0.5) is 5.69 Å². The molecule has 3 heterocycles. The van der Waals surface area contributed by atoms with Gasteiger partial charge in [0.15, 0.2) is 11.5 Å². The van der Waals surface area contributed by atoms with Gasteiger partial charge >= 0.3 is 5.97 Å². The number of hydrogen-bond acceptors (Lipinski definition) is 7. The van der Waals surface area contributed by atoms with Gasteiger partial charge in [-0.15, -0.1) is 0 Å². The summed E-state index contributed by atoms with van der Waals surface area (Å²) in [4.78, 5) is 44.1. The molecule has 2 aromatic carbocycles. The molecule has 1 unspecified atom stereocenters. The summed E-state index contributed by atoms with van der Waals surface area (Å²) >= 11 is 0. The van der Waals surface area contributed by atoms with E-state index in [4.69, 9.17) is 9.47 Å². The Morgan fingerprint density at radius 3 is 2.63 bits per heavy atom. The maximum atomic E-state index is 13.2. The number of carbonyl (C=O) groups excluding carboxylic acids is 2. The topological polar surface area (TPSA) is 130 Å². The van der Waals surface area contributed by atoms with Crippen LogP contribution >= 0.6 is 0 Å². The highest BCUT2D eigenvalue weighted by molar-refractivity contribution is 5.99. The maximum Gasteiger partial charge on any atom is 0.305 e. The fourth-order valence-electron chi connectivity index (χ4n) is 5.07. The fraction of sp³-hybridized carbons (Fsp3) is 0.429. The second-order valence-corrected chi connectivity index (χ2v) is 9.83. The molecular formula is C28H32N4O6. The van der Waals surface area contributed by atoms with E-state index in [0.717, 1.165) is 37.3 Å². The first-order chi connectivity index (χ1) is 18.5. The molecule has 200 valence electrons. The summed E-state index contributed by atoms with van der Waals surface area (Å²) in [6.07, 6.45) is 3.90. The van der Waals surface area contributed by atoms with Crippen LogP contribution in [0.1, 0.15) is 60.5 Å². The number of anilines is 1. The molecule has 0 bridgehead atoms. The number of hydrogen-bond donors (Lipinski definition) is 3. The molecule has 5 rings (SSSR count). The van der Waals surface area contributed by atoms with Crippen molar-refractivity contribution < 1.29 is 29.0 Å². The Bertz CT molecular complexity index is 1240. The molecule has 3 aliphatic rings. The Balaban J connectivity index is 1.17. The van der Waals surface area contributed by atoms with Gasteiger partial charge in [-0.05, 0) is 61.6 Å². The number of fused-ring (bicyclic) bond motifs is 1. The van der Waals surface area contributed by atoms with Gasteiger partial charge in [0.2, 0.25) is 12.7 Å². The Kier molecular flexibility index (Phi) is 7.76. The molecule has 1 fully saturated rings. The van der Waals surface area contributed by atoms with E-state index >= 15 is 0 Å². The van der Waals surface area contributed by atoms with Crippen LogP contribution in [0, 0.1) is 5.92 Å². The van der Waals surface area contributed by atoms with E-state index in [1.54, 1.807) is 29.2 Å². The number of carboxylic acids is 1. The van der Waals surface area contributed by atoms with Crippen molar-refractivity contribution in [3.05, 3.63) is 53.6 Å². The average molecular weight is 521 g/mol. The zero-order valence-corrected chi connectivity index (χ0v) is 21.2. The summed E-state index contributed by atoms with van der Waals surface area (Å²) in [7, 11) is 0. The van der Waals surface area contributed by atoms with Gasteiger partial charge in [-0.2, -0.15) is 0 Å². The molecule has 0 saturated carbocycles. The molecule has 0 aliphatic carbocycles. The van der Waals surface area contributed by atoms with Gasteiger partial charge in [-0.1, -0.05) is 12.1 Å². The second kappa shape index (κ2) is 11.5. The summed E-state index contributed by atoms with van der Waals surface area (Å²) in [6.45, 7) is 1.85. The van der Waals surface area contributed by atoms with Gasteiger partial charge in [0.05, 0.1) is 12.5 Å². The number of carboxylic acid groups (broad SMARTS) is 1. The first-order valence-electron chi connectivity index (χ1n) is 13.1. The van der Waals surface area contributed by atoms with Crippen LogP contribution in [0.2, 0.25) is 0 Å². The largest absolute Gasteiger partial charge is 0.481 e. The minimum Gasteiger partial charge on any atom is -0.481 e. The molecule has 1 saturated heterocycles. The Labute approximate surface area is 221 Å². The molecule has 10 nitrogen and oxygen atoms in total. The molecule has 2 amide bonds. The lowest BCUT2D eigenvalue weighted by Crippen LogP contribution is -2.44. The Morgan fingerprint density at radius 1 is 1.05 bits per heavy atom. The lowest BCUT2D eigenvalue weighted by atomic mass is 9.94. The molecule has 38 heavy (non-hydrogen) atoms. The van der Waals surface area contributed by atoms with Gasteiger partial charge in [0.25, 0.3) is 5.91 Å². The van der Waals surface area contributed by atoms with Crippen LogP contribution in [-0.4, -0.2) is 60.1 Å². The molecule has 1 atom stereocenters. The summed E-state index contributed by atoms with van der Waals surface area (Å²) in [5, 5.41) is 15.7. The highest BCUT2D eigenvalue weighted by atomic mass is 16.7. The van der Waals surface area contributed by atoms with Crippen LogP contribution in [0.5, 0.6) is 11.5 Å². The number of carbonyl (C=O) groups is 3. The monoisotopic (exact) mass is 520 g/mol. The minimum atomic E-state index is -1.01. The molecule has 0 spiro atoms. The summed E-state index contributed by atoms with van der Waals surface area (Å²) in [5.74, 6) is 0.486. The molecular weight excluding hydrogens is 488 g/mol. The molecule has 3 aliphatic heterocycles. The summed E-state index contributed by atoms with van der Waals surface area (Å²) in [5.41, 5.74) is 2.09. The molecule has 10 heteroatoms. The molecule has 0 aromatic heterocycles. The number of amides is 2. The van der Waals surface area contributed by atoms with Crippen molar-refractivity contribution in [2.24, 2.45) is 10.9 Å². The highest BCUT2D eigenvalue weighted by Gasteiger charge is 2.30. The number of aliphatic carboxylic acids is 1. The van der Waals surface area contributed by atoms with Crippen molar-refractivity contribution in [2.75, 3.05) is 31.7 Å². The fourth-order valence-corrected chi connectivity index (χ4v) is 5.07. The molecule has 2 aromatic rings. The van der Waals surface area contributed by atoms with Gasteiger partial charge < -0.3 is 30.1 Å². The zero-order chi connectivity index (χ0) is 26.5. The Morgan fingerprint density at radius 2 is 1.87 bits per heavy atom. The van der Waals surface area contributed by atoms with E-state index in [2.05, 4.69) is 15.6 Å². The number of nitrogens with zero attached hydrogens (tertiary/aromatic N) is 2. The minimum absolute atomic E-state index is 0.0674. The zero-order valence-electron chi connectivity index (χ0n) is 21.2. The standard InChI is InChI=1S/C28H32N4O6/c33-26(34)16-22(19-7-8-23-24(15-19)38-17-37-23)31-27(35)18-9-12-32(13-10-18)28(36)20-4-3-5-21(14-20)30-25-6-1-2-11-29-25/h3-5,7-8,14-15,18,22H,1-2,6,9-13,16-17H2,(H,29,30)(H,31,35)(H,33,34). The normalized spacial score (nSPS) is 17.9. The van der Waals surface area contributed by atoms with Crippen LogP contribution in [0.3, 0.4) is 0 Å². The molecule has 3 N–H and O–H groups in total. The van der Waals surface area contributed by atoms with E-state index in [1.165, 1.54) is 0 Å². The van der Waals surface area contributed by atoms with E-state index in [-0.39, 0.29) is 30.9 Å². The van der Waals surface area contributed by atoms with Crippen LogP contribution in [0.15, 0.2) is 47.5 Å². The van der Waals surface area contributed by atoms with Crippen molar-refractivity contribution in [2.45, 2.75) is 44.6 Å². The third kappa shape index (κ3) is 6.07. The summed E-state index contributed by atoms with van der Waals surface area (Å²) in [6, 6.07) is 11.9. The van der Waals surface area contributed by atoms with Crippen molar-refractivity contribution in [1.82, 2.24) is 10.2 Å². The van der Waals surface area contributed by atoms with E-state index in [9.17, 15) is 19.5 Å². The van der Waals surface area contributed by atoms with E-state index < -0.39 is 12.0 Å². The van der Waals surface area contributed by atoms with E-state index in [1.807, 2.05) is 18.2 Å². The van der Waals surface area contributed by atoms with Crippen LogP contribution in [0.25, 0.3) is 0 Å². The number of ether oxygens (including phenoxy) is 2. The van der Waals surface area contributed by atoms with Gasteiger partial charge in [-0.3, -0.25) is 19.4 Å². The lowest BCUT2D eigenvalue weighted by Gasteiger charge is -2.32. The van der Waals surface area contributed by atoms with Crippen molar-refractivity contribution in [3.63, 3.8) is 0 Å². The van der Waals surface area contributed by atoms with Gasteiger partial charge in [0.1, 0.15) is 5.84 Å². The lowest BCUT2D eigenvalue weighted by molar-refractivity contribution is -0.138. The number of piperidine rings is 1. The number of amidine groups is 1. The number of likely N-dealkylation sites (tertiary alicyclic amines) is 1. The van der Waals surface area contributed by atoms with Crippen molar-refractivity contribution in [1.29, 1.82) is 0 Å². The summed E-state index contributed by atoms with van der Waals surface area (Å²) < 4.78 is 10.7. The van der Waals surface area contributed by atoms with Crippen LogP contribution < -0.4 is 20.1 Å². The van der Waals surface area contributed by atoms with Crippen LogP contribution in [-0.2, 0) is 9.59 Å². The molecule has 0 radical (unpaired) electrons. The predicted octanol–water partition coefficient (Wildman–Crippen LogP) is 3.59. The first-order valence-corrected chi connectivity index (χ1v) is 13.1. The highest BCUT2D eigenvalue weighted by Crippen LogP contribution is 2.35. The number of aliphatic imine (C=N–C) groups is 1.